The zero-order valence-corrected chi connectivity index (χ0v) is 11.4. The second kappa shape index (κ2) is 6.16. The number of nitrogens with one attached hydrogen (secondary N) is 1. The zero-order valence-electron chi connectivity index (χ0n) is 11.4. The summed E-state index contributed by atoms with van der Waals surface area (Å²) < 4.78 is 0. The highest BCUT2D eigenvalue weighted by molar-refractivity contribution is 5.33. The molecule has 0 aromatic carbocycles. The first-order valence-electron chi connectivity index (χ1n) is 6.84. The van der Waals surface area contributed by atoms with Gasteiger partial charge in [-0.2, -0.15) is 0 Å². The molecule has 1 fully saturated rings. The van der Waals surface area contributed by atoms with Gasteiger partial charge in [-0.15, -0.1) is 0 Å². The van der Waals surface area contributed by atoms with Crippen LogP contribution in [0.2, 0.25) is 0 Å². The summed E-state index contributed by atoms with van der Waals surface area (Å²) in [6, 6.07) is 5.95. The van der Waals surface area contributed by atoms with Crippen molar-refractivity contribution in [3.05, 3.63) is 23.9 Å². The van der Waals surface area contributed by atoms with Crippen LogP contribution in [0.4, 0.5) is 5.82 Å². The van der Waals surface area contributed by atoms with Crippen molar-refractivity contribution in [2.24, 2.45) is 17.7 Å². The van der Waals surface area contributed by atoms with Gasteiger partial charge < -0.3 is 5.43 Å². The summed E-state index contributed by atoms with van der Waals surface area (Å²) in [6.07, 6.45) is 2.62. The van der Waals surface area contributed by atoms with Gasteiger partial charge in [-0.25, -0.2) is 10.8 Å². The first-order valence-corrected chi connectivity index (χ1v) is 6.84. The number of likely N-dealkylation sites (tertiary alicyclic amines) is 1. The molecule has 0 unspecified atom stereocenters. The lowest BCUT2D eigenvalue weighted by Crippen LogP contribution is -2.35. The SMILES string of the molecule is CC(C)C1CCN(Cc2cccc(NN)n2)CC1. The van der Waals surface area contributed by atoms with Crippen LogP contribution < -0.4 is 11.3 Å². The van der Waals surface area contributed by atoms with E-state index in [2.05, 4.69) is 35.2 Å². The highest BCUT2D eigenvalue weighted by atomic mass is 15.3. The van der Waals surface area contributed by atoms with Crippen LogP contribution >= 0.6 is 0 Å². The molecule has 0 spiro atoms. The minimum atomic E-state index is 0.740. The molecule has 1 aliphatic heterocycles. The van der Waals surface area contributed by atoms with Crippen LogP contribution in [0, 0.1) is 11.8 Å². The molecule has 0 amide bonds. The van der Waals surface area contributed by atoms with Crippen LogP contribution in [0.1, 0.15) is 32.4 Å². The summed E-state index contributed by atoms with van der Waals surface area (Å²) in [5.74, 6) is 7.83. The number of piperidine rings is 1. The lowest BCUT2D eigenvalue weighted by Gasteiger charge is -2.33. The molecule has 4 nitrogen and oxygen atoms in total. The minimum Gasteiger partial charge on any atom is -0.308 e. The number of nitrogens with two attached hydrogens (primary N) is 1. The molecular formula is C14H24N4. The van der Waals surface area contributed by atoms with Crippen molar-refractivity contribution >= 4 is 5.82 Å². The van der Waals surface area contributed by atoms with Gasteiger partial charge in [-0.05, 0) is 49.9 Å². The first-order chi connectivity index (χ1) is 8.69. The Kier molecular flexibility index (Phi) is 4.55. The topological polar surface area (TPSA) is 54.2 Å². The zero-order chi connectivity index (χ0) is 13.0. The van der Waals surface area contributed by atoms with E-state index < -0.39 is 0 Å². The number of nitrogens with zero attached hydrogens (tertiary/aromatic N) is 2. The Balaban J connectivity index is 1.87. The normalized spacial score (nSPS) is 18.2. The van der Waals surface area contributed by atoms with E-state index in [1.807, 2.05) is 12.1 Å². The molecule has 2 rings (SSSR count). The van der Waals surface area contributed by atoms with Crippen LogP contribution in [0.25, 0.3) is 0 Å². The Morgan fingerprint density at radius 3 is 2.72 bits per heavy atom. The van der Waals surface area contributed by atoms with Gasteiger partial charge >= 0.3 is 0 Å². The fourth-order valence-corrected chi connectivity index (χ4v) is 2.65. The molecule has 100 valence electrons. The van der Waals surface area contributed by atoms with Gasteiger partial charge in [0.25, 0.3) is 0 Å². The molecule has 1 aromatic rings. The quantitative estimate of drug-likeness (QED) is 0.634. The fourth-order valence-electron chi connectivity index (χ4n) is 2.65. The van der Waals surface area contributed by atoms with Crippen molar-refractivity contribution in [1.82, 2.24) is 9.88 Å². The fraction of sp³-hybridized carbons (Fsp3) is 0.643. The van der Waals surface area contributed by atoms with Gasteiger partial charge in [-0.3, -0.25) is 4.90 Å². The Morgan fingerprint density at radius 2 is 2.11 bits per heavy atom. The summed E-state index contributed by atoms with van der Waals surface area (Å²) in [4.78, 5) is 6.95. The third-order valence-corrected chi connectivity index (χ3v) is 3.92. The monoisotopic (exact) mass is 248 g/mol. The molecule has 0 bridgehead atoms. The van der Waals surface area contributed by atoms with Gasteiger partial charge in [0.2, 0.25) is 0 Å². The number of nitrogen functional groups attached to an aromatic ring is 1. The molecule has 18 heavy (non-hydrogen) atoms. The van der Waals surface area contributed by atoms with E-state index in [1.54, 1.807) is 0 Å². The largest absolute Gasteiger partial charge is 0.308 e. The summed E-state index contributed by atoms with van der Waals surface area (Å²) in [6.45, 7) is 7.96. The number of hydrazine groups is 1. The summed E-state index contributed by atoms with van der Waals surface area (Å²) in [5.41, 5.74) is 3.69. The van der Waals surface area contributed by atoms with Gasteiger partial charge in [0.05, 0.1) is 5.69 Å². The van der Waals surface area contributed by atoms with Crippen LogP contribution in [-0.4, -0.2) is 23.0 Å². The van der Waals surface area contributed by atoms with E-state index in [0.29, 0.717) is 0 Å². The summed E-state index contributed by atoms with van der Waals surface area (Å²) >= 11 is 0. The van der Waals surface area contributed by atoms with Crippen molar-refractivity contribution in [1.29, 1.82) is 0 Å². The predicted molar refractivity (Wildman–Crippen MR) is 74.9 cm³/mol. The highest BCUT2D eigenvalue weighted by Gasteiger charge is 2.21. The number of hydrogen-bond donors (Lipinski definition) is 2. The molecule has 0 saturated carbocycles. The Hall–Kier alpha value is -1.13. The van der Waals surface area contributed by atoms with Crippen LogP contribution in [0.3, 0.4) is 0 Å². The molecule has 3 N–H and O–H groups in total. The van der Waals surface area contributed by atoms with Crippen LogP contribution in [-0.2, 0) is 6.54 Å². The minimum absolute atomic E-state index is 0.740. The smallest absolute Gasteiger partial charge is 0.140 e. The maximum Gasteiger partial charge on any atom is 0.140 e. The highest BCUT2D eigenvalue weighted by Crippen LogP contribution is 2.25. The van der Waals surface area contributed by atoms with Gasteiger partial charge in [0.15, 0.2) is 0 Å². The van der Waals surface area contributed by atoms with Crippen molar-refractivity contribution in [2.45, 2.75) is 33.2 Å². The molecule has 0 aliphatic carbocycles. The van der Waals surface area contributed by atoms with Crippen molar-refractivity contribution in [3.8, 4) is 0 Å². The molecule has 0 radical (unpaired) electrons. The van der Waals surface area contributed by atoms with E-state index >= 15 is 0 Å². The van der Waals surface area contributed by atoms with E-state index in [1.165, 1.54) is 25.9 Å². The lowest BCUT2D eigenvalue weighted by atomic mass is 9.87. The number of hydrogen-bond acceptors (Lipinski definition) is 4. The summed E-state index contributed by atoms with van der Waals surface area (Å²) in [7, 11) is 0. The van der Waals surface area contributed by atoms with E-state index in [0.717, 1.165) is 29.9 Å². The Labute approximate surface area is 110 Å². The first kappa shape index (κ1) is 13.3. The number of aromatic nitrogens is 1. The molecule has 4 heteroatoms. The number of pyridine rings is 1. The molecule has 0 atom stereocenters. The number of anilines is 1. The van der Waals surface area contributed by atoms with Crippen LogP contribution in [0.15, 0.2) is 18.2 Å². The van der Waals surface area contributed by atoms with Crippen LogP contribution in [0.5, 0.6) is 0 Å². The van der Waals surface area contributed by atoms with E-state index in [9.17, 15) is 0 Å². The number of rotatable bonds is 4. The third-order valence-electron chi connectivity index (χ3n) is 3.92. The predicted octanol–water partition coefficient (Wildman–Crippen LogP) is 2.24. The molecule has 1 aliphatic rings. The molecule has 1 saturated heterocycles. The molecule has 2 heterocycles. The van der Waals surface area contributed by atoms with Gasteiger partial charge in [0, 0.05) is 6.54 Å². The van der Waals surface area contributed by atoms with Crippen molar-refractivity contribution in [3.63, 3.8) is 0 Å². The van der Waals surface area contributed by atoms with E-state index in [-0.39, 0.29) is 0 Å². The maximum absolute atomic E-state index is 5.38. The second-order valence-electron chi connectivity index (χ2n) is 5.52. The van der Waals surface area contributed by atoms with Crippen molar-refractivity contribution < 1.29 is 0 Å². The molecule has 1 aromatic heterocycles. The average molecular weight is 248 g/mol. The third kappa shape index (κ3) is 3.43. The molecular weight excluding hydrogens is 224 g/mol. The van der Waals surface area contributed by atoms with E-state index in [4.69, 9.17) is 5.84 Å². The summed E-state index contributed by atoms with van der Waals surface area (Å²) in [5, 5.41) is 0. The standard InChI is InChI=1S/C14H24N4/c1-11(2)12-6-8-18(9-7-12)10-13-4-3-5-14(16-13)17-15/h3-5,11-12H,6-10,15H2,1-2H3,(H,16,17). The van der Waals surface area contributed by atoms with Crippen molar-refractivity contribution in [2.75, 3.05) is 18.5 Å². The Bertz CT molecular complexity index is 370. The second-order valence-corrected chi connectivity index (χ2v) is 5.52. The maximum atomic E-state index is 5.38. The van der Waals surface area contributed by atoms with Gasteiger partial charge in [0.1, 0.15) is 5.82 Å². The van der Waals surface area contributed by atoms with Gasteiger partial charge in [-0.1, -0.05) is 19.9 Å². The lowest BCUT2D eigenvalue weighted by molar-refractivity contribution is 0.150. The Morgan fingerprint density at radius 1 is 1.39 bits per heavy atom. The average Bonchev–Trinajstić information content (AvgIpc) is 2.39.